The van der Waals surface area contributed by atoms with Crippen molar-refractivity contribution in [2.75, 3.05) is 5.32 Å². The number of nitrogens with one attached hydrogen (secondary N) is 1. The first-order chi connectivity index (χ1) is 8.10. The summed E-state index contributed by atoms with van der Waals surface area (Å²) in [5, 5.41) is 2.82. The normalized spacial score (nSPS) is 19.4. The van der Waals surface area contributed by atoms with Gasteiger partial charge >= 0.3 is 0 Å². The van der Waals surface area contributed by atoms with E-state index < -0.39 is 6.04 Å². The zero-order valence-electron chi connectivity index (χ0n) is 10.2. The second kappa shape index (κ2) is 4.75. The van der Waals surface area contributed by atoms with Crippen LogP contribution in [-0.2, 0) is 11.2 Å². The maximum atomic E-state index is 11.6. The molecule has 0 aromatic heterocycles. The van der Waals surface area contributed by atoms with Crippen molar-refractivity contribution in [2.24, 2.45) is 5.73 Å². The van der Waals surface area contributed by atoms with Crippen LogP contribution in [0.3, 0.4) is 0 Å². The molecule has 0 aliphatic carbocycles. The number of nitrogens with two attached hydrogens (primary N) is 1. The lowest BCUT2D eigenvalue weighted by atomic mass is 10.1. The summed E-state index contributed by atoms with van der Waals surface area (Å²) in [5.41, 5.74) is 7.59. The lowest BCUT2D eigenvalue weighted by molar-refractivity contribution is -0.117. The Bertz CT molecular complexity index is 431. The van der Waals surface area contributed by atoms with Gasteiger partial charge in [0.05, 0.1) is 6.04 Å². The van der Waals surface area contributed by atoms with Crippen molar-refractivity contribution in [1.82, 2.24) is 0 Å². The summed E-state index contributed by atoms with van der Waals surface area (Å²) in [6.07, 6.45) is 1.74. The minimum Gasteiger partial charge on any atom is -0.490 e. The number of hydrogen-bond acceptors (Lipinski definition) is 3. The van der Waals surface area contributed by atoms with Gasteiger partial charge in [0.2, 0.25) is 5.91 Å². The molecule has 0 spiro atoms. The van der Waals surface area contributed by atoms with Crippen LogP contribution in [0.4, 0.5) is 5.69 Å². The number of carbonyl (C=O) groups is 1. The SMILES string of the molecule is CCC(N)C(=O)Nc1ccc2c(c1)CC(C)O2. The number of anilines is 1. The Balaban J connectivity index is 2.09. The van der Waals surface area contributed by atoms with Crippen LogP contribution < -0.4 is 15.8 Å². The van der Waals surface area contributed by atoms with E-state index in [1.807, 2.05) is 32.0 Å². The average molecular weight is 234 g/mol. The Morgan fingerprint density at radius 2 is 2.41 bits per heavy atom. The van der Waals surface area contributed by atoms with Gasteiger partial charge in [-0.05, 0) is 37.1 Å². The highest BCUT2D eigenvalue weighted by molar-refractivity contribution is 5.94. The second-order valence-electron chi connectivity index (χ2n) is 4.46. The third-order valence-electron chi connectivity index (χ3n) is 2.94. The fraction of sp³-hybridized carbons (Fsp3) is 0.462. The maximum Gasteiger partial charge on any atom is 0.241 e. The molecule has 2 rings (SSSR count). The Hall–Kier alpha value is -1.55. The monoisotopic (exact) mass is 234 g/mol. The molecule has 0 bridgehead atoms. The minimum atomic E-state index is -0.446. The molecule has 1 amide bonds. The molecule has 3 N–H and O–H groups in total. The average Bonchev–Trinajstić information content (AvgIpc) is 2.67. The van der Waals surface area contributed by atoms with Crippen LogP contribution >= 0.6 is 0 Å². The molecule has 0 saturated carbocycles. The molecule has 4 nitrogen and oxygen atoms in total. The fourth-order valence-corrected chi connectivity index (χ4v) is 1.92. The van der Waals surface area contributed by atoms with E-state index in [1.165, 1.54) is 0 Å². The maximum absolute atomic E-state index is 11.6. The number of ether oxygens (including phenoxy) is 1. The van der Waals surface area contributed by atoms with Crippen LogP contribution in [0, 0.1) is 0 Å². The van der Waals surface area contributed by atoms with E-state index in [0.717, 1.165) is 23.4 Å². The largest absolute Gasteiger partial charge is 0.490 e. The molecule has 0 saturated heterocycles. The quantitative estimate of drug-likeness (QED) is 0.836. The molecule has 2 atom stereocenters. The summed E-state index contributed by atoms with van der Waals surface area (Å²) in [4.78, 5) is 11.6. The highest BCUT2D eigenvalue weighted by Gasteiger charge is 2.19. The van der Waals surface area contributed by atoms with E-state index in [0.29, 0.717) is 6.42 Å². The van der Waals surface area contributed by atoms with Crippen molar-refractivity contribution >= 4 is 11.6 Å². The van der Waals surface area contributed by atoms with Crippen LogP contribution in [-0.4, -0.2) is 18.1 Å². The number of rotatable bonds is 3. The summed E-state index contributed by atoms with van der Waals surface area (Å²) >= 11 is 0. The number of hydrogen-bond donors (Lipinski definition) is 2. The summed E-state index contributed by atoms with van der Waals surface area (Å²) in [5.74, 6) is 0.773. The van der Waals surface area contributed by atoms with Crippen LogP contribution in [0.2, 0.25) is 0 Å². The summed E-state index contributed by atoms with van der Waals surface area (Å²) in [7, 11) is 0. The van der Waals surface area contributed by atoms with Gasteiger partial charge in [0.25, 0.3) is 0 Å². The first-order valence-electron chi connectivity index (χ1n) is 5.96. The Morgan fingerprint density at radius 3 is 3.12 bits per heavy atom. The van der Waals surface area contributed by atoms with E-state index in [9.17, 15) is 4.79 Å². The van der Waals surface area contributed by atoms with Crippen LogP contribution in [0.1, 0.15) is 25.8 Å². The molecular weight excluding hydrogens is 216 g/mol. The van der Waals surface area contributed by atoms with Crippen molar-refractivity contribution in [3.8, 4) is 5.75 Å². The van der Waals surface area contributed by atoms with Crippen LogP contribution in [0.25, 0.3) is 0 Å². The van der Waals surface area contributed by atoms with Crippen molar-refractivity contribution in [3.63, 3.8) is 0 Å². The highest BCUT2D eigenvalue weighted by Crippen LogP contribution is 2.30. The van der Waals surface area contributed by atoms with Gasteiger partial charge in [-0.3, -0.25) is 4.79 Å². The smallest absolute Gasteiger partial charge is 0.241 e. The van der Waals surface area contributed by atoms with Gasteiger partial charge in [0.15, 0.2) is 0 Å². The molecule has 1 aromatic carbocycles. The Kier molecular flexibility index (Phi) is 3.33. The van der Waals surface area contributed by atoms with Gasteiger partial charge in [-0.2, -0.15) is 0 Å². The predicted octanol–water partition coefficient (Wildman–Crippen LogP) is 1.69. The zero-order valence-corrected chi connectivity index (χ0v) is 10.2. The van der Waals surface area contributed by atoms with E-state index in [1.54, 1.807) is 0 Å². The summed E-state index contributed by atoms with van der Waals surface area (Å²) in [6, 6.07) is 5.25. The first-order valence-corrected chi connectivity index (χ1v) is 5.96. The molecular formula is C13H18N2O2. The molecule has 0 radical (unpaired) electrons. The molecule has 0 fully saturated rings. The molecule has 1 heterocycles. The van der Waals surface area contributed by atoms with Crippen LogP contribution in [0.5, 0.6) is 5.75 Å². The molecule has 4 heteroatoms. The Labute approximate surface area is 101 Å². The number of carbonyl (C=O) groups excluding carboxylic acids is 1. The topological polar surface area (TPSA) is 64.4 Å². The van der Waals surface area contributed by atoms with E-state index in [2.05, 4.69) is 5.32 Å². The first kappa shape index (κ1) is 11.9. The van der Waals surface area contributed by atoms with Crippen molar-refractivity contribution in [3.05, 3.63) is 23.8 Å². The summed E-state index contributed by atoms with van der Waals surface area (Å²) < 4.78 is 5.60. The number of fused-ring (bicyclic) bond motifs is 1. The third-order valence-corrected chi connectivity index (χ3v) is 2.94. The molecule has 1 aliphatic rings. The lowest BCUT2D eigenvalue weighted by Crippen LogP contribution is -2.34. The van der Waals surface area contributed by atoms with Gasteiger partial charge in [-0.25, -0.2) is 0 Å². The van der Waals surface area contributed by atoms with Crippen molar-refractivity contribution in [1.29, 1.82) is 0 Å². The van der Waals surface area contributed by atoms with Gasteiger partial charge in [-0.1, -0.05) is 6.92 Å². The molecule has 92 valence electrons. The van der Waals surface area contributed by atoms with E-state index in [-0.39, 0.29) is 12.0 Å². The van der Waals surface area contributed by atoms with E-state index in [4.69, 9.17) is 10.5 Å². The summed E-state index contributed by atoms with van der Waals surface area (Å²) in [6.45, 7) is 3.92. The van der Waals surface area contributed by atoms with E-state index >= 15 is 0 Å². The van der Waals surface area contributed by atoms with Crippen molar-refractivity contribution in [2.45, 2.75) is 38.8 Å². The second-order valence-corrected chi connectivity index (χ2v) is 4.46. The lowest BCUT2D eigenvalue weighted by Gasteiger charge is -2.10. The highest BCUT2D eigenvalue weighted by atomic mass is 16.5. The van der Waals surface area contributed by atoms with Gasteiger partial charge in [-0.15, -0.1) is 0 Å². The Morgan fingerprint density at radius 1 is 1.65 bits per heavy atom. The van der Waals surface area contributed by atoms with Crippen LogP contribution in [0.15, 0.2) is 18.2 Å². The molecule has 1 aliphatic heterocycles. The van der Waals surface area contributed by atoms with Gasteiger partial charge in [0, 0.05) is 12.1 Å². The van der Waals surface area contributed by atoms with Gasteiger partial charge < -0.3 is 15.8 Å². The van der Waals surface area contributed by atoms with Crippen molar-refractivity contribution < 1.29 is 9.53 Å². The number of amides is 1. The minimum absolute atomic E-state index is 0.139. The zero-order chi connectivity index (χ0) is 12.4. The molecule has 17 heavy (non-hydrogen) atoms. The van der Waals surface area contributed by atoms with Gasteiger partial charge in [0.1, 0.15) is 11.9 Å². The fourth-order valence-electron chi connectivity index (χ4n) is 1.92. The predicted molar refractivity (Wildman–Crippen MR) is 67.1 cm³/mol. The molecule has 1 aromatic rings. The number of benzene rings is 1. The molecule has 2 unspecified atom stereocenters. The standard InChI is InChI=1S/C13H18N2O2/c1-3-11(14)13(16)15-10-4-5-12-9(7-10)6-8(2)17-12/h4-5,7-8,11H,3,6,14H2,1-2H3,(H,15,16). The third kappa shape index (κ3) is 2.58.